The quantitative estimate of drug-likeness (QED) is 0.530. The van der Waals surface area contributed by atoms with E-state index < -0.39 is 30.2 Å². The Balaban J connectivity index is 1.44. The molecule has 1 aliphatic rings. The maximum absolute atomic E-state index is 14.2. The molecule has 3 heterocycles. The monoisotopic (exact) mass is 490 g/mol. The number of Topliss-reactive ketones (excluding diaryl/α,β-unsaturated/α-hetero) is 1. The highest BCUT2D eigenvalue weighted by Crippen LogP contribution is 2.25. The summed E-state index contributed by atoms with van der Waals surface area (Å²) in [5.41, 5.74) is 1.17. The number of rotatable bonds is 6. The maximum atomic E-state index is 14.2. The number of alkyl carbamates (subject to hydrolysis) is 1. The number of fused-ring (bicyclic) bond motifs is 1. The Hall–Kier alpha value is -3.53. The standard InChI is InChI=1S/C23H21ClF2N4O4/c1-13(31)17-11-29(19-9-27-6-5-16(17)19)12-20(32)30-10-15(25)7-21(30)34-23(33)28-8-14-3-2-4-18(24)22(14)26/h2-6,9,11,15,21H,7-8,10,12H2,1H3,(H,28,33)/t15-,21+/m1/s1. The number of amides is 2. The van der Waals surface area contributed by atoms with E-state index in [0.29, 0.717) is 16.5 Å². The second-order valence-electron chi connectivity index (χ2n) is 7.93. The first-order valence-electron chi connectivity index (χ1n) is 10.5. The van der Waals surface area contributed by atoms with E-state index in [1.807, 2.05) is 0 Å². The molecule has 3 aromatic rings. The Morgan fingerprint density at radius 3 is 2.85 bits per heavy atom. The van der Waals surface area contributed by atoms with Gasteiger partial charge in [0.15, 0.2) is 12.0 Å². The van der Waals surface area contributed by atoms with E-state index >= 15 is 0 Å². The molecule has 0 aliphatic carbocycles. The summed E-state index contributed by atoms with van der Waals surface area (Å²) in [5, 5.41) is 2.96. The SMILES string of the molecule is CC(=O)c1cn(CC(=O)N2C[C@H](F)C[C@@H]2OC(=O)NCc2cccc(Cl)c2F)c2cnccc12. The first kappa shape index (κ1) is 23.6. The Kier molecular flexibility index (Phi) is 6.78. The number of aromatic nitrogens is 2. The Morgan fingerprint density at radius 2 is 2.09 bits per heavy atom. The smallest absolute Gasteiger partial charge is 0.409 e. The zero-order valence-electron chi connectivity index (χ0n) is 18.1. The summed E-state index contributed by atoms with van der Waals surface area (Å²) in [4.78, 5) is 42.4. The molecular formula is C23H21ClF2N4O4. The van der Waals surface area contributed by atoms with Crippen molar-refractivity contribution in [1.82, 2.24) is 19.8 Å². The van der Waals surface area contributed by atoms with Crippen LogP contribution in [0.5, 0.6) is 0 Å². The van der Waals surface area contributed by atoms with Crippen LogP contribution in [0.25, 0.3) is 10.9 Å². The number of pyridine rings is 1. The lowest BCUT2D eigenvalue weighted by Gasteiger charge is -2.24. The van der Waals surface area contributed by atoms with Gasteiger partial charge in [-0.2, -0.15) is 0 Å². The van der Waals surface area contributed by atoms with Crippen LogP contribution >= 0.6 is 11.6 Å². The van der Waals surface area contributed by atoms with Crippen molar-refractivity contribution in [3.8, 4) is 0 Å². The van der Waals surface area contributed by atoms with Crippen molar-refractivity contribution in [2.45, 2.75) is 38.8 Å². The normalized spacial score (nSPS) is 17.7. The highest BCUT2D eigenvalue weighted by Gasteiger charge is 2.38. The van der Waals surface area contributed by atoms with Crippen LogP contribution in [0.3, 0.4) is 0 Å². The molecule has 34 heavy (non-hydrogen) atoms. The molecule has 11 heteroatoms. The largest absolute Gasteiger partial charge is 0.425 e. The van der Waals surface area contributed by atoms with Crippen LogP contribution < -0.4 is 5.32 Å². The van der Waals surface area contributed by atoms with Crippen molar-refractivity contribution < 1.29 is 27.9 Å². The molecule has 1 aliphatic heterocycles. The fourth-order valence-electron chi connectivity index (χ4n) is 3.93. The Bertz CT molecular complexity index is 1260. The van der Waals surface area contributed by atoms with Gasteiger partial charge in [0.1, 0.15) is 18.5 Å². The third kappa shape index (κ3) is 4.86. The number of nitrogens with zero attached hydrogens (tertiary/aromatic N) is 3. The summed E-state index contributed by atoms with van der Waals surface area (Å²) in [5.74, 6) is -1.32. The molecule has 0 bridgehead atoms. The third-order valence-corrected chi connectivity index (χ3v) is 5.88. The highest BCUT2D eigenvalue weighted by atomic mass is 35.5. The number of benzene rings is 1. The fourth-order valence-corrected chi connectivity index (χ4v) is 4.12. The van der Waals surface area contributed by atoms with Gasteiger partial charge in [0.05, 0.1) is 23.3 Å². The minimum Gasteiger partial charge on any atom is -0.425 e. The number of ether oxygens (including phenoxy) is 1. The van der Waals surface area contributed by atoms with Gasteiger partial charge >= 0.3 is 6.09 Å². The minimum atomic E-state index is -1.37. The molecule has 0 radical (unpaired) electrons. The molecule has 1 aromatic carbocycles. The van der Waals surface area contributed by atoms with Crippen LogP contribution in [-0.2, 0) is 22.6 Å². The molecule has 2 aromatic heterocycles. The second kappa shape index (κ2) is 9.76. The maximum Gasteiger partial charge on any atom is 0.409 e. The first-order chi connectivity index (χ1) is 16.2. The summed E-state index contributed by atoms with van der Waals surface area (Å²) < 4.78 is 35.0. The van der Waals surface area contributed by atoms with Crippen molar-refractivity contribution in [3.63, 3.8) is 0 Å². The number of nitrogens with one attached hydrogen (secondary N) is 1. The number of ketones is 1. The Morgan fingerprint density at radius 1 is 1.29 bits per heavy atom. The summed E-state index contributed by atoms with van der Waals surface area (Å²) in [6, 6.07) is 6.05. The van der Waals surface area contributed by atoms with Gasteiger partial charge in [-0.3, -0.25) is 14.6 Å². The molecule has 2 amide bonds. The van der Waals surface area contributed by atoms with E-state index in [0.717, 1.165) is 4.90 Å². The first-order valence-corrected chi connectivity index (χ1v) is 10.9. The number of alkyl halides is 1. The molecule has 0 unspecified atom stereocenters. The second-order valence-corrected chi connectivity index (χ2v) is 8.33. The van der Waals surface area contributed by atoms with E-state index in [1.165, 1.54) is 31.3 Å². The molecular weight excluding hydrogens is 470 g/mol. The third-order valence-electron chi connectivity index (χ3n) is 5.59. The number of carbonyl (C=O) groups is 3. The van der Waals surface area contributed by atoms with Crippen LogP contribution in [-0.4, -0.2) is 51.2 Å². The van der Waals surface area contributed by atoms with Crippen LogP contribution in [0.1, 0.15) is 29.3 Å². The van der Waals surface area contributed by atoms with Crippen LogP contribution in [0.15, 0.2) is 42.9 Å². The summed E-state index contributed by atoms with van der Waals surface area (Å²) in [7, 11) is 0. The zero-order chi connectivity index (χ0) is 24.4. The molecule has 1 N–H and O–H groups in total. The number of carbonyl (C=O) groups excluding carboxylic acids is 3. The van der Waals surface area contributed by atoms with Crippen molar-refractivity contribution in [2.75, 3.05) is 6.54 Å². The van der Waals surface area contributed by atoms with Crippen molar-refractivity contribution >= 4 is 40.3 Å². The molecule has 1 saturated heterocycles. The fraction of sp³-hybridized carbons (Fsp3) is 0.304. The van der Waals surface area contributed by atoms with Gasteiger partial charge in [0.2, 0.25) is 5.91 Å². The number of halogens is 3. The van der Waals surface area contributed by atoms with E-state index in [9.17, 15) is 23.2 Å². The summed E-state index contributed by atoms with van der Waals surface area (Å²) in [6.07, 6.45) is 1.03. The van der Waals surface area contributed by atoms with E-state index in [-0.39, 0.29) is 42.4 Å². The van der Waals surface area contributed by atoms with Gasteiger partial charge in [-0.05, 0) is 19.1 Å². The lowest BCUT2D eigenvalue weighted by molar-refractivity contribution is -0.138. The van der Waals surface area contributed by atoms with Crippen LogP contribution in [0.2, 0.25) is 5.02 Å². The Labute approximate surface area is 198 Å². The predicted octanol–water partition coefficient (Wildman–Crippen LogP) is 3.85. The van der Waals surface area contributed by atoms with Crippen molar-refractivity contribution in [3.05, 3.63) is 64.8 Å². The average molecular weight is 491 g/mol. The van der Waals surface area contributed by atoms with Gasteiger partial charge < -0.3 is 19.5 Å². The summed E-state index contributed by atoms with van der Waals surface area (Å²) >= 11 is 5.73. The highest BCUT2D eigenvalue weighted by molar-refractivity contribution is 6.30. The zero-order valence-corrected chi connectivity index (χ0v) is 18.9. The number of likely N-dealkylation sites (tertiary alicyclic amines) is 1. The van der Waals surface area contributed by atoms with Gasteiger partial charge in [-0.1, -0.05) is 23.7 Å². The van der Waals surface area contributed by atoms with E-state index in [4.69, 9.17) is 16.3 Å². The van der Waals surface area contributed by atoms with Crippen LogP contribution in [0.4, 0.5) is 13.6 Å². The van der Waals surface area contributed by atoms with E-state index in [1.54, 1.807) is 23.0 Å². The molecule has 2 atom stereocenters. The minimum absolute atomic E-state index is 0.0823. The molecule has 0 spiro atoms. The van der Waals surface area contributed by atoms with Gasteiger partial charge in [-0.25, -0.2) is 13.6 Å². The van der Waals surface area contributed by atoms with Gasteiger partial charge in [-0.15, -0.1) is 0 Å². The van der Waals surface area contributed by atoms with E-state index in [2.05, 4.69) is 10.3 Å². The average Bonchev–Trinajstić information content (AvgIpc) is 3.35. The topological polar surface area (TPSA) is 93.5 Å². The molecule has 4 rings (SSSR count). The van der Waals surface area contributed by atoms with Gasteiger partial charge in [0, 0.05) is 41.9 Å². The lowest BCUT2D eigenvalue weighted by Crippen LogP contribution is -2.42. The lowest BCUT2D eigenvalue weighted by atomic mass is 10.1. The summed E-state index contributed by atoms with van der Waals surface area (Å²) in [6.45, 7) is 0.794. The van der Waals surface area contributed by atoms with Crippen LogP contribution in [0, 0.1) is 5.82 Å². The van der Waals surface area contributed by atoms with Gasteiger partial charge in [0.25, 0.3) is 0 Å². The van der Waals surface area contributed by atoms with Crippen molar-refractivity contribution in [1.29, 1.82) is 0 Å². The number of hydrogen-bond acceptors (Lipinski definition) is 5. The molecule has 0 saturated carbocycles. The molecule has 1 fully saturated rings. The van der Waals surface area contributed by atoms with Crippen molar-refractivity contribution in [2.24, 2.45) is 0 Å². The molecule has 178 valence electrons. The predicted molar refractivity (Wildman–Crippen MR) is 119 cm³/mol. The number of hydrogen-bond donors (Lipinski definition) is 1. The molecule has 8 nitrogen and oxygen atoms in total.